The number of primary amides is 1. The number of hydrogen-bond donors (Lipinski definition) is 2. The van der Waals surface area contributed by atoms with Gasteiger partial charge < -0.3 is 11.5 Å². The topological polar surface area (TPSA) is 113 Å². The Balaban J connectivity index is 2.54. The van der Waals surface area contributed by atoms with Crippen molar-refractivity contribution in [2.45, 2.75) is 11.7 Å². The molecule has 0 aliphatic rings. The Morgan fingerprint density at radius 3 is 3.00 bits per heavy atom. The molecule has 0 atom stereocenters. The number of nitrogens with zero attached hydrogens (tertiary/aromatic N) is 4. The molecular formula is C5H10N6OS. The smallest absolute Gasteiger partial charge is 0.227 e. The summed E-state index contributed by atoms with van der Waals surface area (Å²) in [5, 5.41) is 11.4. The number of tetrazole rings is 1. The number of thioether (sulfide) groups is 1. The van der Waals surface area contributed by atoms with E-state index in [1.807, 2.05) is 0 Å². The van der Waals surface area contributed by atoms with Crippen LogP contribution in [0.3, 0.4) is 0 Å². The average Bonchev–Trinajstić information content (AvgIpc) is 2.49. The summed E-state index contributed by atoms with van der Waals surface area (Å²) in [5.41, 5.74) is 10.3. The lowest BCUT2D eigenvalue weighted by atomic mass is 10.7. The molecule has 0 saturated carbocycles. The highest BCUT2D eigenvalue weighted by molar-refractivity contribution is 7.99. The molecule has 0 radical (unpaired) electrons. The summed E-state index contributed by atoms with van der Waals surface area (Å²) < 4.78 is 1.54. The predicted octanol–water partition coefficient (Wildman–Crippen LogP) is -1.79. The molecule has 1 aromatic heterocycles. The van der Waals surface area contributed by atoms with Crippen molar-refractivity contribution in [3.05, 3.63) is 0 Å². The normalized spacial score (nSPS) is 10.2. The number of amides is 1. The average molecular weight is 202 g/mol. The lowest BCUT2D eigenvalue weighted by Crippen LogP contribution is -2.15. The fourth-order valence-electron chi connectivity index (χ4n) is 0.698. The lowest BCUT2D eigenvalue weighted by Gasteiger charge is -1.99. The van der Waals surface area contributed by atoms with Gasteiger partial charge in [-0.25, -0.2) is 4.68 Å². The fourth-order valence-corrected chi connectivity index (χ4v) is 1.34. The number of rotatable bonds is 5. The van der Waals surface area contributed by atoms with E-state index in [1.54, 1.807) is 0 Å². The van der Waals surface area contributed by atoms with Crippen molar-refractivity contribution >= 4 is 17.7 Å². The van der Waals surface area contributed by atoms with Gasteiger partial charge in [0.15, 0.2) is 0 Å². The molecule has 8 heteroatoms. The first-order valence-electron chi connectivity index (χ1n) is 3.61. The van der Waals surface area contributed by atoms with E-state index in [9.17, 15) is 4.79 Å². The van der Waals surface area contributed by atoms with Crippen LogP contribution in [-0.2, 0) is 11.3 Å². The molecule has 0 aromatic carbocycles. The second-order valence-corrected chi connectivity index (χ2v) is 3.17. The minimum Gasteiger partial charge on any atom is -0.369 e. The first-order valence-corrected chi connectivity index (χ1v) is 4.60. The molecule has 0 aliphatic carbocycles. The van der Waals surface area contributed by atoms with Crippen molar-refractivity contribution in [1.29, 1.82) is 0 Å². The second kappa shape index (κ2) is 4.77. The van der Waals surface area contributed by atoms with Crippen LogP contribution in [0, 0.1) is 0 Å². The highest BCUT2D eigenvalue weighted by atomic mass is 32.2. The van der Waals surface area contributed by atoms with Crippen LogP contribution in [0.1, 0.15) is 0 Å². The van der Waals surface area contributed by atoms with E-state index >= 15 is 0 Å². The van der Waals surface area contributed by atoms with E-state index in [4.69, 9.17) is 11.5 Å². The fraction of sp³-hybridized carbons (Fsp3) is 0.600. The van der Waals surface area contributed by atoms with Gasteiger partial charge in [-0.3, -0.25) is 4.79 Å². The number of nitrogens with two attached hydrogens (primary N) is 2. The van der Waals surface area contributed by atoms with Crippen molar-refractivity contribution in [3.8, 4) is 0 Å². The van der Waals surface area contributed by atoms with Crippen LogP contribution in [0.15, 0.2) is 5.16 Å². The van der Waals surface area contributed by atoms with E-state index < -0.39 is 5.91 Å². The van der Waals surface area contributed by atoms with E-state index in [1.165, 1.54) is 16.4 Å². The van der Waals surface area contributed by atoms with Crippen molar-refractivity contribution in [2.24, 2.45) is 11.5 Å². The monoisotopic (exact) mass is 202 g/mol. The van der Waals surface area contributed by atoms with Gasteiger partial charge in [0.25, 0.3) is 0 Å². The largest absolute Gasteiger partial charge is 0.369 e. The van der Waals surface area contributed by atoms with E-state index in [-0.39, 0.29) is 5.75 Å². The van der Waals surface area contributed by atoms with Crippen LogP contribution >= 0.6 is 11.8 Å². The molecule has 1 amide bonds. The van der Waals surface area contributed by atoms with Crippen molar-refractivity contribution < 1.29 is 4.79 Å². The molecule has 7 nitrogen and oxygen atoms in total. The minimum absolute atomic E-state index is 0.172. The highest BCUT2D eigenvalue weighted by Crippen LogP contribution is 2.11. The summed E-state index contributed by atoms with van der Waals surface area (Å²) in [4.78, 5) is 10.5. The van der Waals surface area contributed by atoms with Gasteiger partial charge >= 0.3 is 0 Å². The Kier molecular flexibility index (Phi) is 3.65. The molecule has 1 heterocycles. The summed E-state index contributed by atoms with van der Waals surface area (Å²) in [5.74, 6) is -0.224. The molecule has 0 fully saturated rings. The minimum atomic E-state index is -0.396. The quantitative estimate of drug-likeness (QED) is 0.545. The molecule has 0 aliphatic heterocycles. The number of carbonyl (C=O) groups excluding carboxylic acids is 1. The zero-order valence-corrected chi connectivity index (χ0v) is 7.70. The highest BCUT2D eigenvalue weighted by Gasteiger charge is 2.06. The van der Waals surface area contributed by atoms with Gasteiger partial charge in [-0.2, -0.15) is 0 Å². The summed E-state index contributed by atoms with van der Waals surface area (Å²) in [7, 11) is 0. The molecule has 0 spiro atoms. The molecule has 72 valence electrons. The number of carbonyl (C=O) groups is 1. The SMILES string of the molecule is NCCn1nnnc1SCC(N)=O. The van der Waals surface area contributed by atoms with Gasteiger partial charge in [-0.1, -0.05) is 11.8 Å². The first kappa shape index (κ1) is 9.93. The van der Waals surface area contributed by atoms with Crippen LogP contribution in [0.2, 0.25) is 0 Å². The summed E-state index contributed by atoms with van der Waals surface area (Å²) in [6.07, 6.45) is 0. The van der Waals surface area contributed by atoms with Gasteiger partial charge in [-0.15, -0.1) is 5.10 Å². The van der Waals surface area contributed by atoms with Crippen LogP contribution in [0.5, 0.6) is 0 Å². The third-order valence-electron chi connectivity index (χ3n) is 1.18. The maximum Gasteiger partial charge on any atom is 0.227 e. The molecule has 0 bridgehead atoms. The molecule has 1 aromatic rings. The zero-order valence-electron chi connectivity index (χ0n) is 6.88. The Hall–Kier alpha value is -1.15. The zero-order chi connectivity index (χ0) is 9.68. The van der Waals surface area contributed by atoms with Gasteiger partial charge in [0.1, 0.15) is 0 Å². The van der Waals surface area contributed by atoms with Crippen molar-refractivity contribution in [1.82, 2.24) is 20.2 Å². The van der Waals surface area contributed by atoms with Crippen molar-refractivity contribution in [3.63, 3.8) is 0 Å². The van der Waals surface area contributed by atoms with Crippen LogP contribution in [0.25, 0.3) is 0 Å². The summed E-state index contributed by atoms with van der Waals surface area (Å²) in [6, 6.07) is 0. The van der Waals surface area contributed by atoms with E-state index in [2.05, 4.69) is 15.5 Å². The van der Waals surface area contributed by atoms with Gasteiger partial charge in [0.2, 0.25) is 11.1 Å². The standard InChI is InChI=1S/C5H10N6OS/c6-1-2-11-5(8-9-10-11)13-3-4(7)12/h1-3,6H2,(H2,7,12). The number of hydrogen-bond acceptors (Lipinski definition) is 6. The predicted molar refractivity (Wildman–Crippen MR) is 46.8 cm³/mol. The molecule has 4 N–H and O–H groups in total. The van der Waals surface area contributed by atoms with Gasteiger partial charge in [-0.05, 0) is 10.4 Å². The maximum atomic E-state index is 10.5. The van der Waals surface area contributed by atoms with E-state index in [0.717, 1.165) is 0 Å². The third kappa shape index (κ3) is 2.99. The van der Waals surface area contributed by atoms with Gasteiger partial charge in [0, 0.05) is 6.54 Å². The Morgan fingerprint density at radius 1 is 1.62 bits per heavy atom. The molecule has 1 rings (SSSR count). The molecule has 0 saturated heterocycles. The Labute approximate surface area is 78.8 Å². The molecular weight excluding hydrogens is 192 g/mol. The van der Waals surface area contributed by atoms with Crippen molar-refractivity contribution in [2.75, 3.05) is 12.3 Å². The molecule has 13 heavy (non-hydrogen) atoms. The van der Waals surface area contributed by atoms with Crippen LogP contribution in [-0.4, -0.2) is 38.4 Å². The van der Waals surface area contributed by atoms with Crippen LogP contribution in [0.4, 0.5) is 0 Å². The first-order chi connectivity index (χ1) is 6.24. The Bertz CT molecular complexity index is 286. The van der Waals surface area contributed by atoms with E-state index in [0.29, 0.717) is 18.2 Å². The molecule has 0 unspecified atom stereocenters. The maximum absolute atomic E-state index is 10.5. The summed E-state index contributed by atoms with van der Waals surface area (Å²) >= 11 is 1.20. The van der Waals surface area contributed by atoms with Crippen LogP contribution < -0.4 is 11.5 Å². The van der Waals surface area contributed by atoms with Gasteiger partial charge in [0.05, 0.1) is 12.3 Å². The number of aromatic nitrogens is 4. The Morgan fingerprint density at radius 2 is 2.38 bits per heavy atom. The second-order valence-electron chi connectivity index (χ2n) is 2.23. The third-order valence-corrected chi connectivity index (χ3v) is 2.16. The lowest BCUT2D eigenvalue weighted by molar-refractivity contribution is -0.115. The summed E-state index contributed by atoms with van der Waals surface area (Å²) in [6.45, 7) is 0.989.